The van der Waals surface area contributed by atoms with Crippen molar-refractivity contribution in [1.29, 1.82) is 0 Å². The van der Waals surface area contributed by atoms with Crippen LogP contribution in [0.1, 0.15) is 16.9 Å². The summed E-state index contributed by atoms with van der Waals surface area (Å²) in [5.74, 6) is 0.713. The third-order valence-electron chi connectivity index (χ3n) is 5.09. The molecule has 2 heterocycles. The minimum Gasteiger partial charge on any atom is -0.354 e. The molecule has 2 fully saturated rings. The third kappa shape index (κ3) is 2.81. The molecule has 1 aliphatic carbocycles. The average Bonchev–Trinajstić information content (AvgIpc) is 3.07. The maximum Gasteiger partial charge on any atom is 0.274 e. The maximum absolute atomic E-state index is 13.7. The van der Waals surface area contributed by atoms with Gasteiger partial charge in [-0.1, -0.05) is 23.5 Å². The van der Waals surface area contributed by atoms with Crippen molar-refractivity contribution < 1.29 is 9.18 Å². The Morgan fingerprint density at radius 2 is 2.28 bits per heavy atom. The van der Waals surface area contributed by atoms with E-state index in [-0.39, 0.29) is 17.8 Å². The lowest BCUT2D eigenvalue weighted by Gasteiger charge is -2.26. The first kappa shape index (κ1) is 16.5. The fourth-order valence-electron chi connectivity index (χ4n) is 3.71. The number of hydrogen-bond acceptors (Lipinski definition) is 5. The number of carbonyl (C=O) groups excluding carboxylic acids is 1. The zero-order chi connectivity index (χ0) is 17.7. The van der Waals surface area contributed by atoms with Gasteiger partial charge in [0.05, 0.1) is 4.88 Å². The summed E-state index contributed by atoms with van der Waals surface area (Å²) in [5.41, 5.74) is 6.99. The summed E-state index contributed by atoms with van der Waals surface area (Å²) >= 11 is 1.41. The highest BCUT2D eigenvalue weighted by atomic mass is 32.1. The van der Waals surface area contributed by atoms with Gasteiger partial charge >= 0.3 is 0 Å². The molecule has 25 heavy (non-hydrogen) atoms. The summed E-state index contributed by atoms with van der Waals surface area (Å²) in [6.45, 7) is 1.23. The summed E-state index contributed by atoms with van der Waals surface area (Å²) in [7, 11) is 3.77. The molecule has 0 bridgehead atoms. The molecule has 4 rings (SSSR count). The molecule has 3 atom stereocenters. The molecule has 1 saturated carbocycles. The molecule has 1 aromatic carbocycles. The Morgan fingerprint density at radius 3 is 2.96 bits per heavy atom. The van der Waals surface area contributed by atoms with Crippen LogP contribution in [0, 0.1) is 17.7 Å². The first-order chi connectivity index (χ1) is 12.0. The van der Waals surface area contributed by atoms with E-state index in [0.717, 1.165) is 11.7 Å². The number of piperidine rings is 1. The first-order valence-electron chi connectivity index (χ1n) is 8.44. The molecule has 1 amide bonds. The van der Waals surface area contributed by atoms with E-state index in [4.69, 9.17) is 5.73 Å². The molecule has 2 aliphatic rings. The fourth-order valence-corrected chi connectivity index (χ4v) is 4.69. The van der Waals surface area contributed by atoms with Crippen molar-refractivity contribution in [3.05, 3.63) is 35.8 Å². The Hall–Kier alpha value is -1.99. The highest BCUT2D eigenvalue weighted by Crippen LogP contribution is 2.50. The van der Waals surface area contributed by atoms with E-state index in [1.807, 2.05) is 30.0 Å². The number of likely N-dealkylation sites (tertiary alicyclic amines) is 1. The second-order valence-electron chi connectivity index (χ2n) is 7.00. The van der Waals surface area contributed by atoms with Gasteiger partial charge in [-0.2, -0.15) is 0 Å². The van der Waals surface area contributed by atoms with Gasteiger partial charge in [0.25, 0.3) is 5.91 Å². The SMILES string of the molecule is CN(C)c1nc(C(=O)N2C[C@@H]3C[C@@H]3[C@H]2CN)c(-c2cccc(F)c2)s1. The lowest BCUT2D eigenvalue weighted by molar-refractivity contribution is 0.0708. The number of nitrogens with zero attached hydrogens (tertiary/aromatic N) is 3. The van der Waals surface area contributed by atoms with Crippen LogP contribution in [-0.4, -0.2) is 49.0 Å². The molecular formula is C18H21FN4OS. The summed E-state index contributed by atoms with van der Waals surface area (Å²) < 4.78 is 13.7. The molecule has 2 N–H and O–H groups in total. The number of rotatable bonds is 4. The van der Waals surface area contributed by atoms with Crippen LogP contribution in [0.3, 0.4) is 0 Å². The van der Waals surface area contributed by atoms with Gasteiger partial charge in [0.1, 0.15) is 11.5 Å². The van der Waals surface area contributed by atoms with Crippen LogP contribution >= 0.6 is 11.3 Å². The van der Waals surface area contributed by atoms with Crippen LogP contribution in [0.4, 0.5) is 9.52 Å². The van der Waals surface area contributed by atoms with Crippen LogP contribution in [0.2, 0.25) is 0 Å². The average molecular weight is 360 g/mol. The second kappa shape index (κ2) is 6.07. The molecule has 0 unspecified atom stereocenters. The summed E-state index contributed by atoms with van der Waals surface area (Å²) in [4.78, 5) is 22.2. The van der Waals surface area contributed by atoms with Crippen molar-refractivity contribution in [2.24, 2.45) is 17.6 Å². The number of aromatic nitrogens is 1. The molecule has 1 saturated heterocycles. The Bertz CT molecular complexity index is 821. The Balaban J connectivity index is 1.74. The predicted octanol–water partition coefficient (Wildman–Crippen LogP) is 2.43. The van der Waals surface area contributed by atoms with Gasteiger partial charge in [-0.3, -0.25) is 4.79 Å². The molecule has 2 aromatic rings. The third-order valence-corrected chi connectivity index (χ3v) is 6.37. The molecular weight excluding hydrogens is 339 g/mol. The van der Waals surface area contributed by atoms with E-state index in [1.165, 1.54) is 29.9 Å². The number of nitrogens with two attached hydrogens (primary N) is 1. The number of carbonyl (C=O) groups is 1. The van der Waals surface area contributed by atoms with Crippen molar-refractivity contribution in [1.82, 2.24) is 9.88 Å². The smallest absolute Gasteiger partial charge is 0.274 e. The number of anilines is 1. The Kier molecular flexibility index (Phi) is 4.00. The molecule has 0 spiro atoms. The zero-order valence-electron chi connectivity index (χ0n) is 14.3. The number of halogens is 1. The normalized spacial score (nSPS) is 24.3. The topological polar surface area (TPSA) is 62.5 Å². The van der Waals surface area contributed by atoms with E-state index in [2.05, 4.69) is 4.98 Å². The van der Waals surface area contributed by atoms with Crippen molar-refractivity contribution in [2.45, 2.75) is 12.5 Å². The van der Waals surface area contributed by atoms with Crippen molar-refractivity contribution in [3.63, 3.8) is 0 Å². The minimum absolute atomic E-state index is 0.0914. The van der Waals surface area contributed by atoms with Gasteiger partial charge in [-0.15, -0.1) is 0 Å². The second-order valence-corrected chi connectivity index (χ2v) is 7.98. The summed E-state index contributed by atoms with van der Waals surface area (Å²) in [6, 6.07) is 6.42. The van der Waals surface area contributed by atoms with Crippen molar-refractivity contribution in [2.75, 3.05) is 32.1 Å². The van der Waals surface area contributed by atoms with Crippen LogP contribution < -0.4 is 10.6 Å². The van der Waals surface area contributed by atoms with E-state index < -0.39 is 0 Å². The maximum atomic E-state index is 13.7. The minimum atomic E-state index is -0.321. The molecule has 1 aliphatic heterocycles. The van der Waals surface area contributed by atoms with E-state index in [0.29, 0.717) is 34.5 Å². The van der Waals surface area contributed by atoms with E-state index >= 15 is 0 Å². The van der Waals surface area contributed by atoms with Gasteiger partial charge in [-0.25, -0.2) is 9.37 Å². The highest BCUT2D eigenvalue weighted by Gasteiger charge is 2.53. The number of benzene rings is 1. The lowest BCUT2D eigenvalue weighted by atomic mass is 10.1. The zero-order valence-corrected chi connectivity index (χ0v) is 15.1. The van der Waals surface area contributed by atoms with Crippen LogP contribution in [0.5, 0.6) is 0 Å². The predicted molar refractivity (Wildman–Crippen MR) is 97.3 cm³/mol. The Labute approximate surface area is 150 Å². The molecule has 0 radical (unpaired) electrons. The van der Waals surface area contributed by atoms with Crippen molar-refractivity contribution >= 4 is 22.4 Å². The van der Waals surface area contributed by atoms with E-state index in [9.17, 15) is 9.18 Å². The van der Waals surface area contributed by atoms with Crippen LogP contribution in [0.25, 0.3) is 10.4 Å². The highest BCUT2D eigenvalue weighted by molar-refractivity contribution is 7.19. The lowest BCUT2D eigenvalue weighted by Crippen LogP contribution is -2.43. The summed E-state index contributed by atoms with van der Waals surface area (Å²) in [5, 5.41) is 0.733. The quantitative estimate of drug-likeness (QED) is 0.910. The summed E-state index contributed by atoms with van der Waals surface area (Å²) in [6.07, 6.45) is 1.17. The number of amides is 1. The van der Waals surface area contributed by atoms with Gasteiger partial charge in [0.15, 0.2) is 5.13 Å². The van der Waals surface area contributed by atoms with Gasteiger partial charge in [0.2, 0.25) is 0 Å². The Morgan fingerprint density at radius 1 is 1.48 bits per heavy atom. The van der Waals surface area contributed by atoms with Crippen molar-refractivity contribution in [3.8, 4) is 10.4 Å². The first-order valence-corrected chi connectivity index (χ1v) is 9.26. The monoisotopic (exact) mass is 360 g/mol. The van der Waals surface area contributed by atoms with Gasteiger partial charge < -0.3 is 15.5 Å². The van der Waals surface area contributed by atoms with Gasteiger partial charge in [-0.05, 0) is 36.0 Å². The fraction of sp³-hybridized carbons (Fsp3) is 0.444. The molecule has 132 valence electrons. The molecule has 7 heteroatoms. The number of hydrogen-bond donors (Lipinski definition) is 1. The molecule has 5 nitrogen and oxygen atoms in total. The van der Waals surface area contributed by atoms with E-state index in [1.54, 1.807) is 6.07 Å². The van der Waals surface area contributed by atoms with Gasteiger partial charge in [0, 0.05) is 33.2 Å². The standard InChI is InChI=1S/C18H21FN4OS/c1-22(2)18-21-15(16(25-18)10-4-3-5-12(19)6-10)17(24)23-9-11-7-13(11)14(23)8-20/h3-6,11,13-14H,7-9,20H2,1-2H3/t11-,13-,14+/m0/s1. The largest absolute Gasteiger partial charge is 0.354 e. The number of fused-ring (bicyclic) bond motifs is 1. The van der Waals surface area contributed by atoms with Crippen LogP contribution in [0.15, 0.2) is 24.3 Å². The molecule has 1 aromatic heterocycles. The number of thiazole rings is 1. The van der Waals surface area contributed by atoms with Crippen LogP contribution in [-0.2, 0) is 0 Å².